The van der Waals surface area contributed by atoms with Gasteiger partial charge in [0.25, 0.3) is 10.0 Å². The first-order chi connectivity index (χ1) is 9.83. The first-order valence-electron chi connectivity index (χ1n) is 6.34. The molecule has 2 aromatic rings. The lowest BCUT2D eigenvalue weighted by Gasteiger charge is -2.10. The summed E-state index contributed by atoms with van der Waals surface area (Å²) in [6, 6.07) is 4.56. The molecule has 0 aliphatic carbocycles. The molecule has 3 N–H and O–H groups in total. The van der Waals surface area contributed by atoms with Crippen LogP contribution in [0.25, 0.3) is 0 Å². The van der Waals surface area contributed by atoms with E-state index in [1.807, 2.05) is 13.8 Å². The van der Waals surface area contributed by atoms with Crippen LogP contribution in [0.3, 0.4) is 0 Å². The van der Waals surface area contributed by atoms with Crippen LogP contribution in [0.4, 0.5) is 11.4 Å². The molecular weight excluding hydrogens is 292 g/mol. The van der Waals surface area contributed by atoms with Crippen molar-refractivity contribution in [3.63, 3.8) is 0 Å². The Bertz CT molecular complexity index is 738. The first-order valence-corrected chi connectivity index (χ1v) is 7.82. The molecule has 7 nitrogen and oxygen atoms in total. The van der Waals surface area contributed by atoms with Crippen LogP contribution in [0.15, 0.2) is 35.5 Å². The summed E-state index contributed by atoms with van der Waals surface area (Å²) >= 11 is 0. The van der Waals surface area contributed by atoms with E-state index in [0.29, 0.717) is 11.4 Å². The van der Waals surface area contributed by atoms with E-state index in [9.17, 15) is 8.42 Å². The van der Waals surface area contributed by atoms with E-state index in [2.05, 4.69) is 9.82 Å². The summed E-state index contributed by atoms with van der Waals surface area (Å²) in [4.78, 5) is 0.000553. The Morgan fingerprint density at radius 2 is 2.10 bits per heavy atom. The molecule has 0 radical (unpaired) electrons. The van der Waals surface area contributed by atoms with E-state index in [1.54, 1.807) is 16.9 Å². The Kier molecular flexibility index (Phi) is 4.08. The predicted octanol–water partition coefficient (Wildman–Crippen LogP) is 1.86. The maximum absolute atomic E-state index is 12.3. The molecule has 1 aromatic carbocycles. The average molecular weight is 310 g/mol. The molecule has 1 aromatic heterocycles. The van der Waals surface area contributed by atoms with Crippen LogP contribution in [0.2, 0.25) is 0 Å². The van der Waals surface area contributed by atoms with Gasteiger partial charge < -0.3 is 10.5 Å². The number of ether oxygens (including phenoxy) is 1. The molecule has 0 spiro atoms. The molecule has 0 aliphatic heterocycles. The van der Waals surface area contributed by atoms with E-state index in [1.165, 1.54) is 25.4 Å². The summed E-state index contributed by atoms with van der Waals surface area (Å²) in [6.45, 7) is 3.90. The van der Waals surface area contributed by atoms with Gasteiger partial charge in [-0.05, 0) is 26.0 Å². The maximum atomic E-state index is 12.3. The van der Waals surface area contributed by atoms with Gasteiger partial charge in [0.2, 0.25) is 0 Å². The Morgan fingerprint density at radius 3 is 2.62 bits per heavy atom. The van der Waals surface area contributed by atoms with Gasteiger partial charge in [0, 0.05) is 18.3 Å². The van der Waals surface area contributed by atoms with Crippen molar-refractivity contribution in [2.24, 2.45) is 0 Å². The predicted molar refractivity (Wildman–Crippen MR) is 80.8 cm³/mol. The number of benzene rings is 1. The smallest absolute Gasteiger partial charge is 0.264 e. The number of nitrogen functional groups attached to an aromatic ring is 1. The third-order valence-corrected chi connectivity index (χ3v) is 4.34. The second-order valence-electron chi connectivity index (χ2n) is 4.81. The van der Waals surface area contributed by atoms with Gasteiger partial charge in [0.1, 0.15) is 10.6 Å². The van der Waals surface area contributed by atoms with Crippen molar-refractivity contribution in [2.75, 3.05) is 17.6 Å². The number of nitrogens with one attached hydrogen (secondary N) is 1. The number of nitrogens with zero attached hydrogens (tertiary/aromatic N) is 2. The fourth-order valence-electron chi connectivity index (χ4n) is 1.78. The SMILES string of the molecule is COc1ccc(S(=O)(=O)Nc2cnn(C(C)C)c2)c(N)c1. The topological polar surface area (TPSA) is 99.2 Å². The molecule has 2 rings (SSSR count). The highest BCUT2D eigenvalue weighted by Gasteiger charge is 2.19. The zero-order valence-corrected chi connectivity index (χ0v) is 12.9. The zero-order valence-electron chi connectivity index (χ0n) is 12.1. The number of anilines is 2. The summed E-state index contributed by atoms with van der Waals surface area (Å²) in [5.74, 6) is 0.499. The third kappa shape index (κ3) is 3.27. The molecule has 0 saturated carbocycles. The first kappa shape index (κ1) is 15.2. The highest BCUT2D eigenvalue weighted by atomic mass is 32.2. The van der Waals surface area contributed by atoms with Crippen molar-refractivity contribution in [1.82, 2.24) is 9.78 Å². The Balaban J connectivity index is 2.29. The van der Waals surface area contributed by atoms with Crippen LogP contribution < -0.4 is 15.2 Å². The van der Waals surface area contributed by atoms with Gasteiger partial charge in [0.05, 0.1) is 24.7 Å². The zero-order chi connectivity index (χ0) is 15.6. The highest BCUT2D eigenvalue weighted by Crippen LogP contribution is 2.25. The van der Waals surface area contributed by atoms with Crippen molar-refractivity contribution in [3.8, 4) is 5.75 Å². The average Bonchev–Trinajstić information content (AvgIpc) is 2.86. The standard InChI is InChI=1S/C13H18N4O3S/c1-9(2)17-8-10(7-15-17)16-21(18,19)13-5-4-11(20-3)6-12(13)14/h4-9,16H,14H2,1-3H3. The second kappa shape index (κ2) is 5.65. The molecule has 0 amide bonds. The van der Waals surface area contributed by atoms with E-state index < -0.39 is 10.0 Å². The molecule has 0 atom stereocenters. The van der Waals surface area contributed by atoms with Crippen LogP contribution in [-0.2, 0) is 10.0 Å². The van der Waals surface area contributed by atoms with E-state index >= 15 is 0 Å². The molecule has 0 fully saturated rings. The quantitative estimate of drug-likeness (QED) is 0.821. The number of methoxy groups -OCH3 is 1. The number of aromatic nitrogens is 2. The monoisotopic (exact) mass is 310 g/mol. The Hall–Kier alpha value is -2.22. The maximum Gasteiger partial charge on any atom is 0.264 e. The molecule has 0 unspecified atom stereocenters. The van der Waals surface area contributed by atoms with Crippen molar-refractivity contribution < 1.29 is 13.2 Å². The minimum Gasteiger partial charge on any atom is -0.497 e. The van der Waals surface area contributed by atoms with Gasteiger partial charge in [-0.3, -0.25) is 9.40 Å². The Labute approximate surface area is 123 Å². The summed E-state index contributed by atoms with van der Waals surface area (Å²) in [5.41, 5.74) is 6.28. The van der Waals surface area contributed by atoms with Gasteiger partial charge in [0.15, 0.2) is 0 Å². The van der Waals surface area contributed by atoms with Gasteiger partial charge in [-0.25, -0.2) is 8.42 Å². The normalized spacial score (nSPS) is 11.6. The molecular formula is C13H18N4O3S. The molecule has 1 heterocycles. The van der Waals surface area contributed by atoms with Gasteiger partial charge in [-0.2, -0.15) is 5.10 Å². The second-order valence-corrected chi connectivity index (χ2v) is 6.46. The summed E-state index contributed by atoms with van der Waals surface area (Å²) in [5, 5.41) is 4.08. The lowest BCUT2D eigenvalue weighted by atomic mass is 10.3. The largest absolute Gasteiger partial charge is 0.497 e. The van der Waals surface area contributed by atoms with Gasteiger partial charge in [-0.15, -0.1) is 0 Å². The Morgan fingerprint density at radius 1 is 1.38 bits per heavy atom. The molecule has 0 aliphatic rings. The van der Waals surface area contributed by atoms with E-state index in [-0.39, 0.29) is 16.6 Å². The number of nitrogens with two attached hydrogens (primary N) is 1. The van der Waals surface area contributed by atoms with Crippen molar-refractivity contribution in [3.05, 3.63) is 30.6 Å². The summed E-state index contributed by atoms with van der Waals surface area (Å²) < 4.78 is 33.8. The van der Waals surface area contributed by atoms with Gasteiger partial charge in [-0.1, -0.05) is 0 Å². The van der Waals surface area contributed by atoms with Crippen LogP contribution >= 0.6 is 0 Å². The number of rotatable bonds is 5. The lowest BCUT2D eigenvalue weighted by molar-refractivity contribution is 0.414. The fourth-order valence-corrected chi connectivity index (χ4v) is 2.92. The van der Waals surface area contributed by atoms with Crippen LogP contribution in [0.1, 0.15) is 19.9 Å². The van der Waals surface area contributed by atoms with Crippen molar-refractivity contribution in [1.29, 1.82) is 0 Å². The molecule has 0 saturated heterocycles. The molecule has 21 heavy (non-hydrogen) atoms. The van der Waals surface area contributed by atoms with Crippen molar-refractivity contribution >= 4 is 21.4 Å². The molecule has 114 valence electrons. The molecule has 8 heteroatoms. The number of sulfonamides is 1. The van der Waals surface area contributed by atoms with E-state index in [4.69, 9.17) is 10.5 Å². The summed E-state index contributed by atoms with van der Waals surface area (Å²) in [7, 11) is -2.28. The van der Waals surface area contributed by atoms with E-state index in [0.717, 1.165) is 0 Å². The van der Waals surface area contributed by atoms with Crippen LogP contribution in [0.5, 0.6) is 5.75 Å². The number of hydrogen-bond donors (Lipinski definition) is 2. The highest BCUT2D eigenvalue weighted by molar-refractivity contribution is 7.92. The van der Waals surface area contributed by atoms with Crippen molar-refractivity contribution in [2.45, 2.75) is 24.8 Å². The molecule has 0 bridgehead atoms. The minimum atomic E-state index is -3.77. The lowest BCUT2D eigenvalue weighted by Crippen LogP contribution is -2.14. The minimum absolute atomic E-state index is 0.000553. The van der Waals surface area contributed by atoms with Gasteiger partial charge >= 0.3 is 0 Å². The summed E-state index contributed by atoms with van der Waals surface area (Å²) in [6.07, 6.45) is 3.08. The fraction of sp³-hybridized carbons (Fsp3) is 0.308. The van der Waals surface area contributed by atoms with Crippen LogP contribution in [-0.4, -0.2) is 25.3 Å². The third-order valence-electron chi connectivity index (χ3n) is 2.89. The number of hydrogen-bond acceptors (Lipinski definition) is 5. The van der Waals surface area contributed by atoms with Crippen LogP contribution in [0, 0.1) is 0 Å².